The van der Waals surface area contributed by atoms with E-state index in [0.29, 0.717) is 23.4 Å². The molecule has 0 saturated heterocycles. The van der Waals surface area contributed by atoms with Gasteiger partial charge in [-0.1, -0.05) is 18.2 Å². The first kappa shape index (κ1) is 13.3. The number of hydrogen-bond donors (Lipinski definition) is 1. The molecule has 5 heteroatoms. The maximum atomic E-state index is 13.8. The molecule has 0 atom stereocenters. The highest BCUT2D eigenvalue weighted by atomic mass is 19.1. The first-order valence-corrected chi connectivity index (χ1v) is 5.92. The highest BCUT2D eigenvalue weighted by molar-refractivity contribution is 5.69. The van der Waals surface area contributed by atoms with E-state index in [4.69, 9.17) is 10.5 Å². The summed E-state index contributed by atoms with van der Waals surface area (Å²) in [4.78, 5) is 11.6. The molecule has 0 radical (unpaired) electrons. The Kier molecular flexibility index (Phi) is 3.97. The van der Waals surface area contributed by atoms with E-state index in [1.165, 1.54) is 16.7 Å². The van der Waals surface area contributed by atoms with Crippen LogP contribution >= 0.6 is 0 Å². The van der Waals surface area contributed by atoms with Crippen LogP contribution < -0.4 is 16.0 Å². The van der Waals surface area contributed by atoms with Crippen LogP contribution in [0.25, 0.3) is 11.1 Å². The number of hydrogen-bond acceptors (Lipinski definition) is 3. The number of nitrogens with zero attached hydrogens (tertiary/aromatic N) is 1. The highest BCUT2D eigenvalue weighted by Crippen LogP contribution is 2.30. The summed E-state index contributed by atoms with van der Waals surface area (Å²) in [6, 6.07) is 7.70. The molecule has 0 fully saturated rings. The minimum absolute atomic E-state index is 0.216. The fourth-order valence-electron chi connectivity index (χ4n) is 1.78. The molecule has 1 heterocycles. The van der Waals surface area contributed by atoms with Crippen LogP contribution in [0.5, 0.6) is 5.75 Å². The zero-order valence-electron chi connectivity index (χ0n) is 10.6. The number of nitrogens with two attached hydrogens (primary N) is 1. The van der Waals surface area contributed by atoms with Crippen molar-refractivity contribution in [3.05, 3.63) is 52.7 Å². The summed E-state index contributed by atoms with van der Waals surface area (Å²) < 4.78 is 20.7. The van der Waals surface area contributed by atoms with E-state index < -0.39 is 0 Å². The Labute approximate surface area is 110 Å². The van der Waals surface area contributed by atoms with E-state index in [0.717, 1.165) is 0 Å². The van der Waals surface area contributed by atoms with Gasteiger partial charge in [0.1, 0.15) is 18.2 Å². The lowest BCUT2D eigenvalue weighted by Crippen LogP contribution is -2.18. The van der Waals surface area contributed by atoms with Crippen molar-refractivity contribution >= 4 is 0 Å². The summed E-state index contributed by atoms with van der Waals surface area (Å²) in [6.45, 7) is 0.598. The molecule has 4 nitrogen and oxygen atoms in total. The summed E-state index contributed by atoms with van der Waals surface area (Å²) in [7, 11) is 1.61. The second-order valence-corrected chi connectivity index (χ2v) is 4.12. The quantitative estimate of drug-likeness (QED) is 0.909. The van der Waals surface area contributed by atoms with E-state index in [1.807, 2.05) is 0 Å². The molecule has 0 bridgehead atoms. The average Bonchev–Trinajstić information content (AvgIpc) is 2.40. The summed E-state index contributed by atoms with van der Waals surface area (Å²) in [5.74, 6) is -0.0163. The molecule has 0 spiro atoms. The monoisotopic (exact) mass is 262 g/mol. The number of aromatic nitrogens is 1. The van der Waals surface area contributed by atoms with Crippen LogP contribution in [0.4, 0.5) is 4.39 Å². The minimum Gasteiger partial charge on any atom is -0.491 e. The Morgan fingerprint density at radius 1 is 1.32 bits per heavy atom. The van der Waals surface area contributed by atoms with E-state index in [1.54, 1.807) is 31.4 Å². The Morgan fingerprint density at radius 3 is 2.74 bits per heavy atom. The zero-order valence-corrected chi connectivity index (χ0v) is 10.6. The molecule has 1 aromatic heterocycles. The molecule has 2 aromatic rings. The van der Waals surface area contributed by atoms with E-state index in [9.17, 15) is 9.18 Å². The fraction of sp³-hybridized carbons (Fsp3) is 0.214. The predicted molar refractivity (Wildman–Crippen MR) is 71.6 cm³/mol. The lowest BCUT2D eigenvalue weighted by Gasteiger charge is -2.12. The summed E-state index contributed by atoms with van der Waals surface area (Å²) in [5, 5.41) is 0. The topological polar surface area (TPSA) is 57.2 Å². The van der Waals surface area contributed by atoms with Gasteiger partial charge in [0.25, 0.3) is 5.56 Å². The standard InChI is InChI=1S/C14H15FN2O2/c1-17-9-11(10-4-2-3-5-12(10)15)13(8-14(17)18)19-7-6-16/h2-5,8-9H,6-7,16H2,1H3. The van der Waals surface area contributed by atoms with Crippen molar-refractivity contribution in [3.8, 4) is 16.9 Å². The van der Waals surface area contributed by atoms with E-state index in [2.05, 4.69) is 0 Å². The lowest BCUT2D eigenvalue weighted by molar-refractivity contribution is 0.328. The van der Waals surface area contributed by atoms with Crippen molar-refractivity contribution in [3.63, 3.8) is 0 Å². The van der Waals surface area contributed by atoms with Gasteiger partial charge in [-0.15, -0.1) is 0 Å². The van der Waals surface area contributed by atoms with Crippen molar-refractivity contribution in [1.82, 2.24) is 4.57 Å². The molecule has 1 aromatic carbocycles. The second-order valence-electron chi connectivity index (χ2n) is 4.12. The first-order valence-electron chi connectivity index (χ1n) is 5.92. The van der Waals surface area contributed by atoms with Gasteiger partial charge in [0.15, 0.2) is 0 Å². The van der Waals surface area contributed by atoms with Crippen LogP contribution in [0.2, 0.25) is 0 Å². The molecule has 0 aliphatic heterocycles. The van der Waals surface area contributed by atoms with Gasteiger partial charge in [-0.2, -0.15) is 0 Å². The van der Waals surface area contributed by atoms with Crippen molar-refractivity contribution in [1.29, 1.82) is 0 Å². The molecule has 0 unspecified atom stereocenters. The van der Waals surface area contributed by atoms with Crippen LogP contribution in [-0.4, -0.2) is 17.7 Å². The van der Waals surface area contributed by atoms with Crippen molar-refractivity contribution in [2.24, 2.45) is 12.8 Å². The molecule has 0 saturated carbocycles. The van der Waals surface area contributed by atoms with Crippen LogP contribution in [0.15, 0.2) is 41.3 Å². The van der Waals surface area contributed by atoms with Gasteiger partial charge < -0.3 is 15.0 Å². The lowest BCUT2D eigenvalue weighted by atomic mass is 10.1. The maximum Gasteiger partial charge on any atom is 0.254 e. The number of aryl methyl sites for hydroxylation is 1. The third-order valence-electron chi connectivity index (χ3n) is 2.73. The van der Waals surface area contributed by atoms with Gasteiger partial charge in [-0.3, -0.25) is 4.79 Å². The third-order valence-corrected chi connectivity index (χ3v) is 2.73. The van der Waals surface area contributed by atoms with Gasteiger partial charge in [0.2, 0.25) is 0 Å². The molecule has 100 valence electrons. The summed E-state index contributed by atoms with van der Waals surface area (Å²) in [5.41, 5.74) is 6.09. The Morgan fingerprint density at radius 2 is 2.05 bits per heavy atom. The fourth-order valence-corrected chi connectivity index (χ4v) is 1.78. The molecule has 19 heavy (non-hydrogen) atoms. The van der Waals surface area contributed by atoms with Crippen molar-refractivity contribution in [2.45, 2.75) is 0 Å². The van der Waals surface area contributed by atoms with Crippen LogP contribution in [0.3, 0.4) is 0 Å². The van der Waals surface area contributed by atoms with Gasteiger partial charge in [-0.25, -0.2) is 4.39 Å². The molecule has 2 N–H and O–H groups in total. The second kappa shape index (κ2) is 5.67. The molecular formula is C14H15FN2O2. The molecule has 0 aliphatic carbocycles. The number of rotatable bonds is 4. The van der Waals surface area contributed by atoms with E-state index >= 15 is 0 Å². The minimum atomic E-state index is -0.362. The number of benzene rings is 1. The molecule has 2 rings (SSSR count). The molecule has 0 amide bonds. The summed E-state index contributed by atoms with van der Waals surface area (Å²) in [6.07, 6.45) is 1.56. The van der Waals surface area contributed by atoms with Crippen LogP contribution in [0, 0.1) is 5.82 Å². The number of pyridine rings is 1. The Hall–Kier alpha value is -2.14. The largest absolute Gasteiger partial charge is 0.491 e. The average molecular weight is 262 g/mol. The third kappa shape index (κ3) is 2.82. The van der Waals surface area contributed by atoms with Gasteiger partial charge in [0.05, 0.1) is 0 Å². The Balaban J connectivity index is 2.57. The van der Waals surface area contributed by atoms with Crippen molar-refractivity contribution in [2.75, 3.05) is 13.2 Å². The number of halogens is 1. The predicted octanol–water partition coefficient (Wildman–Crippen LogP) is 1.53. The van der Waals surface area contributed by atoms with Crippen LogP contribution in [0.1, 0.15) is 0 Å². The molecular weight excluding hydrogens is 247 g/mol. The smallest absolute Gasteiger partial charge is 0.254 e. The normalized spacial score (nSPS) is 10.5. The van der Waals surface area contributed by atoms with Gasteiger partial charge >= 0.3 is 0 Å². The number of ether oxygens (including phenoxy) is 1. The zero-order chi connectivity index (χ0) is 13.8. The van der Waals surface area contributed by atoms with Crippen molar-refractivity contribution < 1.29 is 9.13 Å². The molecule has 0 aliphatic rings. The summed E-state index contributed by atoms with van der Waals surface area (Å²) >= 11 is 0. The maximum absolute atomic E-state index is 13.8. The van der Waals surface area contributed by atoms with E-state index in [-0.39, 0.29) is 18.0 Å². The van der Waals surface area contributed by atoms with Gasteiger partial charge in [-0.05, 0) is 6.07 Å². The highest BCUT2D eigenvalue weighted by Gasteiger charge is 2.12. The first-order chi connectivity index (χ1) is 9.13. The SMILES string of the molecule is Cn1cc(-c2ccccc2F)c(OCCN)cc1=O. The Bertz CT molecular complexity index is 638. The van der Waals surface area contributed by atoms with Crippen LogP contribution in [-0.2, 0) is 7.05 Å². The van der Waals surface area contributed by atoms with Gasteiger partial charge in [0, 0.05) is 37.0 Å².